The van der Waals surface area contributed by atoms with Crippen molar-refractivity contribution in [2.24, 2.45) is 11.8 Å². The fourth-order valence-corrected chi connectivity index (χ4v) is 6.44. The maximum atomic E-state index is 12.2. The van der Waals surface area contributed by atoms with Crippen LogP contribution in [0.15, 0.2) is 12.4 Å². The van der Waals surface area contributed by atoms with E-state index in [1.54, 1.807) is 0 Å². The summed E-state index contributed by atoms with van der Waals surface area (Å²) in [6.07, 6.45) is 8.58. The first-order valence-corrected chi connectivity index (χ1v) is 11.3. The molecule has 1 N–H and O–H groups in total. The van der Waals surface area contributed by atoms with Crippen LogP contribution in [0.1, 0.15) is 38.2 Å². The summed E-state index contributed by atoms with van der Waals surface area (Å²) in [5.41, 5.74) is 0.989. The monoisotopic (exact) mass is 378 g/mol. The molecule has 5 rings (SSSR count). The second-order valence-electron chi connectivity index (χ2n) is 8.25. The minimum atomic E-state index is -3.14. The van der Waals surface area contributed by atoms with Crippen LogP contribution in [0.25, 0.3) is 0 Å². The van der Waals surface area contributed by atoms with Crippen LogP contribution < -0.4 is 9.62 Å². The number of aryl methyl sites for hydroxylation is 1. The van der Waals surface area contributed by atoms with Crippen LogP contribution in [0, 0.1) is 11.8 Å². The maximum absolute atomic E-state index is 12.2. The first-order valence-electron chi connectivity index (χ1n) is 9.73. The molecule has 8 heteroatoms. The standard InChI is InChI=1S/C18H26N4O3S/c1-2-12-7-19-17(20-8-12)22-10-15-14(9-21-26(23,24)13-3-4-13)16-5-6-18(15,11-22)25-16/h7-8,13-16,21H,2-6,9-11H2,1H3/t14-,15+,16+,18+/m0/s1. The van der Waals surface area contributed by atoms with Gasteiger partial charge in [-0.05, 0) is 37.7 Å². The van der Waals surface area contributed by atoms with Crippen LogP contribution in [0.4, 0.5) is 5.95 Å². The molecule has 142 valence electrons. The Hall–Kier alpha value is -1.25. The fourth-order valence-electron chi connectivity index (χ4n) is 5.02. The van der Waals surface area contributed by atoms with Gasteiger partial charge in [0.1, 0.15) is 0 Å². The third-order valence-electron chi connectivity index (χ3n) is 6.65. The molecule has 1 aromatic heterocycles. The topological polar surface area (TPSA) is 84.4 Å². The molecule has 3 saturated heterocycles. The summed E-state index contributed by atoms with van der Waals surface area (Å²) in [5, 5.41) is -0.165. The van der Waals surface area contributed by atoms with Gasteiger partial charge >= 0.3 is 0 Å². The van der Waals surface area contributed by atoms with Crippen molar-refractivity contribution in [3.63, 3.8) is 0 Å². The molecule has 0 aromatic carbocycles. The number of anilines is 1. The van der Waals surface area contributed by atoms with Crippen molar-refractivity contribution in [2.45, 2.75) is 56.0 Å². The average Bonchev–Trinajstić information content (AvgIpc) is 3.25. The third kappa shape index (κ3) is 2.65. The van der Waals surface area contributed by atoms with Gasteiger partial charge in [0, 0.05) is 37.3 Å². The highest BCUT2D eigenvalue weighted by molar-refractivity contribution is 7.90. The predicted molar refractivity (Wildman–Crippen MR) is 97.4 cm³/mol. The molecule has 0 unspecified atom stereocenters. The Labute approximate surface area is 154 Å². The van der Waals surface area contributed by atoms with Gasteiger partial charge in [-0.2, -0.15) is 0 Å². The van der Waals surface area contributed by atoms with Gasteiger partial charge < -0.3 is 9.64 Å². The van der Waals surface area contributed by atoms with Crippen molar-refractivity contribution in [1.29, 1.82) is 0 Å². The first kappa shape index (κ1) is 16.9. The van der Waals surface area contributed by atoms with Crippen LogP contribution in [-0.4, -0.2) is 55.0 Å². The maximum Gasteiger partial charge on any atom is 0.225 e. The van der Waals surface area contributed by atoms with Gasteiger partial charge in [-0.25, -0.2) is 23.1 Å². The van der Waals surface area contributed by atoms with E-state index in [4.69, 9.17) is 4.74 Å². The van der Waals surface area contributed by atoms with Gasteiger partial charge in [0.25, 0.3) is 0 Å². The quantitative estimate of drug-likeness (QED) is 0.798. The van der Waals surface area contributed by atoms with E-state index in [-0.39, 0.29) is 22.9 Å². The van der Waals surface area contributed by atoms with Crippen molar-refractivity contribution in [1.82, 2.24) is 14.7 Å². The number of sulfonamides is 1. The SMILES string of the molecule is CCc1cnc(N2C[C@@H]3[C@H](CNS(=O)(=O)C4CC4)[C@H]4CC[C@]3(C2)O4)nc1. The summed E-state index contributed by atoms with van der Waals surface area (Å²) in [6, 6.07) is 0. The smallest absolute Gasteiger partial charge is 0.225 e. The Morgan fingerprint density at radius 2 is 2.08 bits per heavy atom. The van der Waals surface area contributed by atoms with E-state index in [2.05, 4.69) is 26.5 Å². The Bertz CT molecular complexity index is 795. The lowest BCUT2D eigenvalue weighted by molar-refractivity contribution is 0.0141. The van der Waals surface area contributed by atoms with Crippen LogP contribution in [0.2, 0.25) is 0 Å². The molecule has 4 aliphatic rings. The Morgan fingerprint density at radius 1 is 1.31 bits per heavy atom. The largest absolute Gasteiger partial charge is 0.369 e. The van der Waals surface area contributed by atoms with E-state index in [9.17, 15) is 8.42 Å². The van der Waals surface area contributed by atoms with Gasteiger partial charge in [-0.3, -0.25) is 0 Å². The fraction of sp³-hybridized carbons (Fsp3) is 0.778. The number of aromatic nitrogens is 2. The summed E-state index contributed by atoms with van der Waals surface area (Å²) in [7, 11) is -3.14. The Morgan fingerprint density at radius 3 is 2.77 bits per heavy atom. The van der Waals surface area contributed by atoms with Crippen molar-refractivity contribution in [3.05, 3.63) is 18.0 Å². The number of nitrogens with one attached hydrogen (secondary N) is 1. The summed E-state index contributed by atoms with van der Waals surface area (Å²) < 4.78 is 33.7. The van der Waals surface area contributed by atoms with E-state index in [0.717, 1.165) is 56.7 Å². The number of ether oxygens (including phenoxy) is 1. The molecule has 0 radical (unpaired) electrons. The molecule has 3 aliphatic heterocycles. The van der Waals surface area contributed by atoms with Gasteiger partial charge in [0.2, 0.25) is 16.0 Å². The normalized spacial score (nSPS) is 35.9. The number of fused-ring (bicyclic) bond motifs is 1. The highest BCUT2D eigenvalue weighted by atomic mass is 32.2. The van der Waals surface area contributed by atoms with E-state index >= 15 is 0 Å². The Balaban J connectivity index is 1.31. The Kier molecular flexibility index (Phi) is 3.82. The van der Waals surface area contributed by atoms with Gasteiger partial charge in [0.05, 0.1) is 23.5 Å². The molecule has 7 nitrogen and oxygen atoms in total. The van der Waals surface area contributed by atoms with E-state index < -0.39 is 10.0 Å². The zero-order chi connectivity index (χ0) is 17.9. The molecular formula is C18H26N4O3S. The van der Waals surface area contributed by atoms with Crippen molar-refractivity contribution in [3.8, 4) is 0 Å². The highest BCUT2D eigenvalue weighted by Crippen LogP contribution is 2.55. The van der Waals surface area contributed by atoms with Gasteiger partial charge in [-0.15, -0.1) is 0 Å². The van der Waals surface area contributed by atoms with Crippen molar-refractivity contribution >= 4 is 16.0 Å². The minimum Gasteiger partial charge on any atom is -0.369 e. The van der Waals surface area contributed by atoms with Crippen LogP contribution in [0.3, 0.4) is 0 Å². The first-order chi connectivity index (χ1) is 12.5. The zero-order valence-electron chi connectivity index (χ0n) is 15.1. The third-order valence-corrected chi connectivity index (χ3v) is 8.57. The lowest BCUT2D eigenvalue weighted by atomic mass is 9.74. The highest BCUT2D eigenvalue weighted by Gasteiger charge is 2.63. The van der Waals surface area contributed by atoms with Gasteiger partial charge in [-0.1, -0.05) is 6.92 Å². The molecule has 0 amide bonds. The zero-order valence-corrected chi connectivity index (χ0v) is 15.9. The number of nitrogens with zero attached hydrogens (tertiary/aromatic N) is 3. The lowest BCUT2D eigenvalue weighted by Gasteiger charge is -2.29. The van der Waals surface area contributed by atoms with E-state index in [1.807, 2.05) is 12.4 Å². The summed E-state index contributed by atoms with van der Waals surface area (Å²) in [6.45, 7) is 4.25. The molecule has 1 spiro atoms. The molecule has 2 bridgehead atoms. The van der Waals surface area contributed by atoms with E-state index in [0.29, 0.717) is 12.5 Å². The van der Waals surface area contributed by atoms with E-state index in [1.165, 1.54) is 0 Å². The molecule has 4 heterocycles. The predicted octanol–water partition coefficient (Wildman–Crippen LogP) is 1.10. The molecule has 4 fully saturated rings. The molecule has 26 heavy (non-hydrogen) atoms. The van der Waals surface area contributed by atoms with Gasteiger partial charge in [0.15, 0.2) is 0 Å². The summed E-state index contributed by atoms with van der Waals surface area (Å²) >= 11 is 0. The molecule has 1 aliphatic carbocycles. The van der Waals surface area contributed by atoms with Crippen LogP contribution in [0.5, 0.6) is 0 Å². The van der Waals surface area contributed by atoms with Crippen LogP contribution >= 0.6 is 0 Å². The van der Waals surface area contributed by atoms with Crippen molar-refractivity contribution in [2.75, 3.05) is 24.5 Å². The summed E-state index contributed by atoms with van der Waals surface area (Å²) in [4.78, 5) is 11.3. The lowest BCUT2D eigenvalue weighted by Crippen LogP contribution is -2.42. The average molecular weight is 378 g/mol. The second-order valence-corrected chi connectivity index (χ2v) is 10.3. The molecule has 1 saturated carbocycles. The molecule has 1 aromatic rings. The number of hydrogen-bond acceptors (Lipinski definition) is 6. The molecular weight excluding hydrogens is 352 g/mol. The minimum absolute atomic E-state index is 0.146. The molecule has 4 atom stereocenters. The second kappa shape index (κ2) is 5.87. The number of hydrogen-bond donors (Lipinski definition) is 1. The van der Waals surface area contributed by atoms with Crippen LogP contribution in [-0.2, 0) is 21.2 Å². The number of rotatable bonds is 6. The van der Waals surface area contributed by atoms with Crippen molar-refractivity contribution < 1.29 is 13.2 Å². The summed E-state index contributed by atoms with van der Waals surface area (Å²) in [5.74, 6) is 1.35.